The predicted octanol–water partition coefficient (Wildman–Crippen LogP) is 4.89. The van der Waals surface area contributed by atoms with Gasteiger partial charge in [-0.05, 0) is 17.7 Å². The zero-order valence-corrected chi connectivity index (χ0v) is 16.9. The van der Waals surface area contributed by atoms with Crippen LogP contribution in [0, 0.1) is 0 Å². The lowest BCUT2D eigenvalue weighted by Crippen LogP contribution is -2.20. The van der Waals surface area contributed by atoms with E-state index in [9.17, 15) is 4.79 Å². The molecule has 1 aromatic heterocycles. The maximum absolute atomic E-state index is 11.8. The van der Waals surface area contributed by atoms with Crippen LogP contribution in [0.5, 0.6) is 0 Å². The van der Waals surface area contributed by atoms with Crippen molar-refractivity contribution in [3.8, 4) is 11.3 Å². The number of benzene rings is 2. The number of carbonyl (C=O) groups excluding carboxylic acids is 1. The van der Waals surface area contributed by atoms with Crippen molar-refractivity contribution in [1.29, 1.82) is 0 Å². The van der Waals surface area contributed by atoms with Gasteiger partial charge in [0.1, 0.15) is 0 Å². The van der Waals surface area contributed by atoms with Crippen molar-refractivity contribution in [2.75, 3.05) is 11.5 Å². The van der Waals surface area contributed by atoms with Gasteiger partial charge >= 0.3 is 0 Å². The molecule has 1 heterocycles. The van der Waals surface area contributed by atoms with Crippen LogP contribution in [0.1, 0.15) is 10.6 Å². The number of rotatable bonds is 8. The molecule has 1 N–H and O–H groups in total. The van der Waals surface area contributed by atoms with Crippen molar-refractivity contribution in [3.63, 3.8) is 0 Å². The molecule has 0 saturated heterocycles. The molecule has 0 spiro atoms. The molecule has 0 unspecified atom stereocenters. The average Bonchev–Trinajstić information content (AvgIpc) is 3.16. The van der Waals surface area contributed by atoms with Crippen LogP contribution in [0.2, 0.25) is 5.02 Å². The number of carbonyl (C=O) groups is 1. The second-order valence-electron chi connectivity index (χ2n) is 5.64. The van der Waals surface area contributed by atoms with Crippen LogP contribution in [-0.4, -0.2) is 28.6 Å². The van der Waals surface area contributed by atoms with Gasteiger partial charge < -0.3 is 0 Å². The molecule has 0 saturated carbocycles. The number of thioether (sulfide) groups is 1. The summed E-state index contributed by atoms with van der Waals surface area (Å²) in [6, 6.07) is 17.3. The van der Waals surface area contributed by atoms with Crippen LogP contribution in [0.25, 0.3) is 11.3 Å². The van der Waals surface area contributed by atoms with E-state index in [0.717, 1.165) is 39.0 Å². The molecule has 3 rings (SSSR count). The van der Waals surface area contributed by atoms with Crippen LogP contribution < -0.4 is 5.43 Å². The fourth-order valence-corrected chi connectivity index (χ4v) is 4.05. The van der Waals surface area contributed by atoms with E-state index in [1.165, 1.54) is 0 Å². The minimum Gasteiger partial charge on any atom is -0.272 e. The molecule has 0 fully saturated rings. The third-order valence-corrected chi connectivity index (χ3v) is 5.71. The van der Waals surface area contributed by atoms with Gasteiger partial charge in [-0.2, -0.15) is 16.9 Å². The molecule has 4 nitrogen and oxygen atoms in total. The van der Waals surface area contributed by atoms with E-state index in [2.05, 4.69) is 15.5 Å². The topological polar surface area (TPSA) is 54.4 Å². The molecule has 0 aliphatic rings. The summed E-state index contributed by atoms with van der Waals surface area (Å²) < 4.78 is 0. The number of hydrogen-bond acceptors (Lipinski definition) is 5. The summed E-state index contributed by atoms with van der Waals surface area (Å²) in [6.07, 6.45) is 2.47. The normalized spacial score (nSPS) is 11.0. The standard InChI is InChI=1S/C20H18ClN3OS2/c21-17-8-6-16(7-9-17)18-13-27-20(23-18)10-11-26-14-19(25)24-22-12-15-4-2-1-3-5-15/h1-9,12-13H,10-11,14H2,(H,24,25). The Bertz CT molecular complexity index is 895. The van der Waals surface area contributed by atoms with E-state index in [0.29, 0.717) is 5.75 Å². The average molecular weight is 416 g/mol. The van der Waals surface area contributed by atoms with Gasteiger partial charge in [0, 0.05) is 28.1 Å². The molecule has 0 atom stereocenters. The number of aryl methyl sites for hydroxylation is 1. The molecular weight excluding hydrogens is 398 g/mol. The van der Waals surface area contributed by atoms with Crippen molar-refractivity contribution in [1.82, 2.24) is 10.4 Å². The highest BCUT2D eigenvalue weighted by Crippen LogP contribution is 2.24. The Hall–Kier alpha value is -2.15. The Morgan fingerprint density at radius 2 is 1.96 bits per heavy atom. The largest absolute Gasteiger partial charge is 0.272 e. The number of nitrogens with one attached hydrogen (secondary N) is 1. The highest BCUT2D eigenvalue weighted by molar-refractivity contribution is 7.99. The molecule has 2 aromatic carbocycles. The van der Waals surface area contributed by atoms with Gasteiger partial charge in [0.05, 0.1) is 22.7 Å². The van der Waals surface area contributed by atoms with E-state index >= 15 is 0 Å². The number of hydrogen-bond donors (Lipinski definition) is 1. The molecular formula is C20H18ClN3OS2. The van der Waals surface area contributed by atoms with Gasteiger partial charge in [-0.15, -0.1) is 11.3 Å². The van der Waals surface area contributed by atoms with Crippen LogP contribution in [0.15, 0.2) is 65.1 Å². The van der Waals surface area contributed by atoms with Gasteiger partial charge in [-0.3, -0.25) is 4.79 Å². The molecule has 27 heavy (non-hydrogen) atoms. The van der Waals surface area contributed by atoms with Crippen molar-refractivity contribution in [3.05, 3.63) is 75.6 Å². The Morgan fingerprint density at radius 3 is 2.74 bits per heavy atom. The lowest BCUT2D eigenvalue weighted by molar-refractivity contribution is -0.118. The van der Waals surface area contributed by atoms with Gasteiger partial charge in [0.2, 0.25) is 5.91 Å². The number of hydrazone groups is 1. The highest BCUT2D eigenvalue weighted by atomic mass is 35.5. The van der Waals surface area contributed by atoms with E-state index in [-0.39, 0.29) is 5.91 Å². The van der Waals surface area contributed by atoms with Crippen molar-refractivity contribution < 1.29 is 4.79 Å². The minimum absolute atomic E-state index is 0.104. The molecule has 0 aliphatic carbocycles. The van der Waals surface area contributed by atoms with Gasteiger partial charge in [-0.25, -0.2) is 10.4 Å². The second kappa shape index (κ2) is 10.3. The number of thiazole rings is 1. The fourth-order valence-electron chi connectivity index (χ4n) is 2.25. The van der Waals surface area contributed by atoms with E-state index in [1.54, 1.807) is 29.3 Å². The zero-order chi connectivity index (χ0) is 18.9. The van der Waals surface area contributed by atoms with Gasteiger partial charge in [0.25, 0.3) is 0 Å². The summed E-state index contributed by atoms with van der Waals surface area (Å²) in [4.78, 5) is 16.4. The predicted molar refractivity (Wildman–Crippen MR) is 116 cm³/mol. The first-order valence-corrected chi connectivity index (χ1v) is 10.8. The summed E-state index contributed by atoms with van der Waals surface area (Å²) >= 11 is 9.13. The summed E-state index contributed by atoms with van der Waals surface area (Å²) in [5, 5.41) is 7.80. The molecule has 0 radical (unpaired) electrons. The summed E-state index contributed by atoms with van der Waals surface area (Å²) in [5.41, 5.74) is 5.52. The molecule has 7 heteroatoms. The Kier molecular flexibility index (Phi) is 7.45. The first-order valence-electron chi connectivity index (χ1n) is 8.36. The SMILES string of the molecule is O=C(CSCCc1nc(-c2ccc(Cl)cc2)cs1)NN=Cc1ccccc1. The van der Waals surface area contributed by atoms with Crippen LogP contribution in [0.3, 0.4) is 0 Å². The number of aromatic nitrogens is 1. The molecule has 138 valence electrons. The summed E-state index contributed by atoms with van der Waals surface area (Å²) in [5.74, 6) is 1.11. The number of amides is 1. The third kappa shape index (κ3) is 6.50. The Morgan fingerprint density at radius 1 is 1.19 bits per heavy atom. The van der Waals surface area contributed by atoms with Crippen molar-refractivity contribution in [2.45, 2.75) is 6.42 Å². The number of halogens is 1. The fraction of sp³-hybridized carbons (Fsp3) is 0.150. The lowest BCUT2D eigenvalue weighted by Gasteiger charge is -2.00. The van der Waals surface area contributed by atoms with Crippen LogP contribution in [0.4, 0.5) is 0 Å². The monoisotopic (exact) mass is 415 g/mol. The Balaban J connectivity index is 1.37. The molecule has 0 bridgehead atoms. The van der Waals surface area contributed by atoms with Crippen LogP contribution >= 0.6 is 34.7 Å². The maximum Gasteiger partial charge on any atom is 0.250 e. The molecule has 3 aromatic rings. The van der Waals surface area contributed by atoms with Crippen molar-refractivity contribution >= 4 is 46.8 Å². The zero-order valence-electron chi connectivity index (χ0n) is 14.5. The number of nitrogens with zero attached hydrogens (tertiary/aromatic N) is 2. The first-order chi connectivity index (χ1) is 13.2. The smallest absolute Gasteiger partial charge is 0.250 e. The van der Waals surface area contributed by atoms with Crippen molar-refractivity contribution in [2.24, 2.45) is 5.10 Å². The maximum atomic E-state index is 11.8. The summed E-state index contributed by atoms with van der Waals surface area (Å²) in [7, 11) is 0. The lowest BCUT2D eigenvalue weighted by atomic mass is 10.2. The Labute approximate surface area is 171 Å². The summed E-state index contributed by atoms with van der Waals surface area (Å²) in [6.45, 7) is 0. The van der Waals surface area contributed by atoms with E-state index in [1.807, 2.05) is 60.0 Å². The minimum atomic E-state index is -0.104. The van der Waals surface area contributed by atoms with Crippen LogP contribution in [-0.2, 0) is 11.2 Å². The molecule has 1 amide bonds. The second-order valence-corrected chi connectivity index (χ2v) is 8.12. The first kappa shape index (κ1) is 19.6. The van der Waals surface area contributed by atoms with Gasteiger partial charge in [-0.1, -0.05) is 54.1 Å². The van der Waals surface area contributed by atoms with E-state index < -0.39 is 0 Å². The quantitative estimate of drug-likeness (QED) is 0.323. The van der Waals surface area contributed by atoms with Gasteiger partial charge in [0.15, 0.2) is 0 Å². The van der Waals surface area contributed by atoms with E-state index in [4.69, 9.17) is 11.6 Å². The molecule has 0 aliphatic heterocycles. The third-order valence-electron chi connectivity index (χ3n) is 3.59. The highest BCUT2D eigenvalue weighted by Gasteiger charge is 2.06.